The van der Waals surface area contributed by atoms with Crippen LogP contribution in [0.2, 0.25) is 0 Å². The smallest absolute Gasteiger partial charge is 0.0687 e. The maximum absolute atomic E-state index is 8.93. The molecule has 0 saturated heterocycles. The summed E-state index contributed by atoms with van der Waals surface area (Å²) in [4.78, 5) is 0. The third-order valence-electron chi connectivity index (χ3n) is 1.69. The Morgan fingerprint density at radius 3 is 2.82 bits per heavy atom. The van der Waals surface area contributed by atoms with Crippen molar-refractivity contribution in [3.05, 3.63) is 41.5 Å². The number of aryl methyl sites for hydroxylation is 1. The summed E-state index contributed by atoms with van der Waals surface area (Å²) in [5.41, 5.74) is 3.12. The van der Waals surface area contributed by atoms with Gasteiger partial charge >= 0.3 is 0 Å². The van der Waals surface area contributed by atoms with E-state index in [1.165, 1.54) is 5.56 Å². The Hall–Kier alpha value is -1.08. The lowest BCUT2D eigenvalue weighted by atomic mass is 10.1. The zero-order valence-corrected chi connectivity index (χ0v) is 6.67. The summed E-state index contributed by atoms with van der Waals surface area (Å²) in [5.74, 6) is 0. The number of benzene rings is 1. The fourth-order valence-electron chi connectivity index (χ4n) is 1.07. The van der Waals surface area contributed by atoms with Gasteiger partial charge in [0.05, 0.1) is 6.61 Å². The van der Waals surface area contributed by atoms with Gasteiger partial charge in [-0.15, -0.1) is 0 Å². The molecule has 0 aliphatic heterocycles. The predicted molar refractivity (Wildman–Crippen MR) is 47.2 cm³/mol. The van der Waals surface area contributed by atoms with E-state index in [9.17, 15) is 0 Å². The van der Waals surface area contributed by atoms with Crippen molar-refractivity contribution in [2.75, 3.05) is 0 Å². The Balaban J connectivity index is 3.16. The van der Waals surface area contributed by atoms with Crippen LogP contribution in [0.4, 0.5) is 0 Å². The van der Waals surface area contributed by atoms with Crippen molar-refractivity contribution in [1.82, 2.24) is 0 Å². The molecule has 1 heteroatoms. The van der Waals surface area contributed by atoms with Crippen LogP contribution >= 0.6 is 0 Å². The average Bonchev–Trinajstić information content (AvgIpc) is 2.04. The summed E-state index contributed by atoms with van der Waals surface area (Å²) in [6.07, 6.45) is 1.75. The predicted octanol–water partition coefficient (Wildman–Crippen LogP) is 2.13. The van der Waals surface area contributed by atoms with Gasteiger partial charge in [-0.1, -0.05) is 36.4 Å². The summed E-state index contributed by atoms with van der Waals surface area (Å²) < 4.78 is 0. The van der Waals surface area contributed by atoms with Crippen molar-refractivity contribution < 1.29 is 5.11 Å². The molecule has 0 aromatic heterocycles. The van der Waals surface area contributed by atoms with E-state index >= 15 is 0 Å². The van der Waals surface area contributed by atoms with Gasteiger partial charge in [-0.2, -0.15) is 0 Å². The van der Waals surface area contributed by atoms with Gasteiger partial charge in [0.2, 0.25) is 0 Å². The second-order valence-electron chi connectivity index (χ2n) is 2.56. The normalized spacial score (nSPS) is 9.64. The number of rotatable bonds is 2. The van der Waals surface area contributed by atoms with E-state index in [0.717, 1.165) is 11.1 Å². The number of aliphatic hydroxyl groups is 1. The van der Waals surface area contributed by atoms with E-state index < -0.39 is 0 Å². The summed E-state index contributed by atoms with van der Waals surface area (Å²) in [7, 11) is 0. The summed E-state index contributed by atoms with van der Waals surface area (Å²) in [6, 6.07) is 5.95. The molecule has 0 amide bonds. The highest BCUT2D eigenvalue weighted by Crippen LogP contribution is 2.12. The van der Waals surface area contributed by atoms with Gasteiger partial charge in [0.25, 0.3) is 0 Å². The van der Waals surface area contributed by atoms with Crippen LogP contribution in [0.5, 0.6) is 0 Å². The molecule has 1 aromatic carbocycles. The SMILES string of the molecule is C=Cc1ccc(C)cc1CO. The molecule has 58 valence electrons. The second-order valence-corrected chi connectivity index (χ2v) is 2.56. The zero-order chi connectivity index (χ0) is 8.27. The van der Waals surface area contributed by atoms with Crippen LogP contribution in [0.15, 0.2) is 24.8 Å². The molecule has 0 spiro atoms. The van der Waals surface area contributed by atoms with Crippen LogP contribution in [0, 0.1) is 6.92 Å². The van der Waals surface area contributed by atoms with Gasteiger partial charge in [0, 0.05) is 0 Å². The molecule has 0 unspecified atom stereocenters. The number of hydrogen-bond acceptors (Lipinski definition) is 1. The highest BCUT2D eigenvalue weighted by atomic mass is 16.3. The monoisotopic (exact) mass is 148 g/mol. The molecule has 0 atom stereocenters. The molecule has 0 fully saturated rings. The molecule has 0 radical (unpaired) electrons. The average molecular weight is 148 g/mol. The molecule has 1 nitrogen and oxygen atoms in total. The fraction of sp³-hybridized carbons (Fsp3) is 0.200. The molecular weight excluding hydrogens is 136 g/mol. The molecule has 1 N–H and O–H groups in total. The Labute approximate surface area is 67.0 Å². The highest BCUT2D eigenvalue weighted by Gasteiger charge is 1.96. The molecular formula is C10H12O. The maximum Gasteiger partial charge on any atom is 0.0687 e. The van der Waals surface area contributed by atoms with Crippen LogP contribution in [0.25, 0.3) is 6.08 Å². The molecule has 11 heavy (non-hydrogen) atoms. The van der Waals surface area contributed by atoms with Crippen molar-refractivity contribution in [1.29, 1.82) is 0 Å². The molecule has 0 aliphatic rings. The lowest BCUT2D eigenvalue weighted by molar-refractivity contribution is 0.281. The summed E-state index contributed by atoms with van der Waals surface area (Å²) in [6.45, 7) is 5.75. The standard InChI is InChI=1S/C10H12O/c1-3-9-5-4-8(2)6-10(9)7-11/h3-6,11H,1,7H2,2H3. The minimum atomic E-state index is 0.0863. The van der Waals surface area contributed by atoms with Gasteiger partial charge in [-0.3, -0.25) is 0 Å². The van der Waals surface area contributed by atoms with E-state index in [-0.39, 0.29) is 6.61 Å². The Morgan fingerprint density at radius 2 is 2.27 bits per heavy atom. The Bertz CT molecular complexity index is 264. The largest absolute Gasteiger partial charge is 0.392 e. The highest BCUT2D eigenvalue weighted by molar-refractivity contribution is 5.52. The fourth-order valence-corrected chi connectivity index (χ4v) is 1.07. The lowest BCUT2D eigenvalue weighted by Gasteiger charge is -2.02. The van der Waals surface area contributed by atoms with E-state index in [2.05, 4.69) is 6.58 Å². The van der Waals surface area contributed by atoms with Crippen LogP contribution in [0.1, 0.15) is 16.7 Å². The van der Waals surface area contributed by atoms with Gasteiger partial charge < -0.3 is 5.11 Å². The lowest BCUT2D eigenvalue weighted by Crippen LogP contribution is -1.88. The van der Waals surface area contributed by atoms with E-state index in [4.69, 9.17) is 5.11 Å². The third-order valence-corrected chi connectivity index (χ3v) is 1.69. The molecule has 1 rings (SSSR count). The molecule has 0 bridgehead atoms. The Kier molecular flexibility index (Phi) is 2.44. The molecule has 1 aromatic rings. The second kappa shape index (κ2) is 3.35. The first-order valence-electron chi connectivity index (χ1n) is 3.60. The van der Waals surface area contributed by atoms with Crippen molar-refractivity contribution in [3.63, 3.8) is 0 Å². The minimum Gasteiger partial charge on any atom is -0.392 e. The van der Waals surface area contributed by atoms with Crippen LogP contribution in [0.3, 0.4) is 0 Å². The van der Waals surface area contributed by atoms with Crippen LogP contribution < -0.4 is 0 Å². The zero-order valence-electron chi connectivity index (χ0n) is 6.67. The maximum atomic E-state index is 8.93. The molecule has 0 heterocycles. The van der Waals surface area contributed by atoms with Crippen molar-refractivity contribution in [2.45, 2.75) is 13.5 Å². The quantitative estimate of drug-likeness (QED) is 0.681. The van der Waals surface area contributed by atoms with Gasteiger partial charge in [-0.05, 0) is 18.1 Å². The first kappa shape index (κ1) is 8.02. The van der Waals surface area contributed by atoms with Crippen LogP contribution in [-0.2, 0) is 6.61 Å². The van der Waals surface area contributed by atoms with E-state index in [0.29, 0.717) is 0 Å². The van der Waals surface area contributed by atoms with Crippen molar-refractivity contribution in [3.8, 4) is 0 Å². The summed E-state index contributed by atoms with van der Waals surface area (Å²) >= 11 is 0. The van der Waals surface area contributed by atoms with Gasteiger partial charge in [0.1, 0.15) is 0 Å². The number of hydrogen-bond donors (Lipinski definition) is 1. The van der Waals surface area contributed by atoms with Crippen molar-refractivity contribution in [2.24, 2.45) is 0 Å². The van der Waals surface area contributed by atoms with Gasteiger partial charge in [-0.25, -0.2) is 0 Å². The first-order chi connectivity index (χ1) is 5.27. The number of aliphatic hydroxyl groups excluding tert-OH is 1. The first-order valence-corrected chi connectivity index (χ1v) is 3.60. The molecule has 0 aliphatic carbocycles. The summed E-state index contributed by atoms with van der Waals surface area (Å²) in [5, 5.41) is 8.93. The van der Waals surface area contributed by atoms with Gasteiger partial charge in [0.15, 0.2) is 0 Å². The molecule has 0 saturated carbocycles. The van der Waals surface area contributed by atoms with E-state index in [1.54, 1.807) is 6.08 Å². The van der Waals surface area contributed by atoms with Crippen molar-refractivity contribution >= 4 is 6.08 Å². The minimum absolute atomic E-state index is 0.0863. The topological polar surface area (TPSA) is 20.2 Å². The van der Waals surface area contributed by atoms with E-state index in [1.807, 2.05) is 25.1 Å². The van der Waals surface area contributed by atoms with Crippen LogP contribution in [-0.4, -0.2) is 5.11 Å². The third kappa shape index (κ3) is 1.69. The Morgan fingerprint density at radius 1 is 1.55 bits per heavy atom.